The second-order valence-electron chi connectivity index (χ2n) is 4.36. The van der Waals surface area contributed by atoms with E-state index in [9.17, 15) is 13.2 Å². The topological polar surface area (TPSA) is 53.0 Å². The summed E-state index contributed by atoms with van der Waals surface area (Å²) in [5.74, 6) is 0. The molecule has 2 rings (SSSR count). The van der Waals surface area contributed by atoms with E-state index in [1.165, 1.54) is 23.1 Å². The molecule has 1 aromatic carbocycles. The van der Waals surface area contributed by atoms with E-state index in [-0.39, 0.29) is 11.7 Å². The summed E-state index contributed by atoms with van der Waals surface area (Å²) < 4.78 is 37.6. The number of hydrogen-bond acceptors (Lipinski definition) is 3. The maximum Gasteiger partial charge on any atom is 0.405 e. The average molecular weight is 255 g/mol. The normalized spacial score (nSPS) is 15.2. The molecule has 0 amide bonds. The molecule has 3 nitrogen and oxygen atoms in total. The number of nitriles is 1. The zero-order valence-corrected chi connectivity index (χ0v) is 9.54. The van der Waals surface area contributed by atoms with Crippen LogP contribution in [-0.2, 0) is 0 Å². The van der Waals surface area contributed by atoms with Gasteiger partial charge in [-0.2, -0.15) is 18.4 Å². The molecule has 0 atom stereocenters. The molecule has 1 aliphatic carbocycles. The number of halogens is 3. The summed E-state index contributed by atoms with van der Waals surface area (Å²) in [4.78, 5) is 1.27. The molecular weight excluding hydrogens is 243 g/mol. The van der Waals surface area contributed by atoms with E-state index >= 15 is 0 Å². The number of nitrogens with two attached hydrogens (primary N) is 1. The molecule has 6 heteroatoms. The second-order valence-corrected chi connectivity index (χ2v) is 4.36. The van der Waals surface area contributed by atoms with Crippen molar-refractivity contribution in [3.8, 4) is 6.07 Å². The van der Waals surface area contributed by atoms with Crippen molar-refractivity contribution in [2.75, 3.05) is 17.2 Å². The first-order valence-corrected chi connectivity index (χ1v) is 5.54. The van der Waals surface area contributed by atoms with Crippen molar-refractivity contribution < 1.29 is 13.2 Å². The summed E-state index contributed by atoms with van der Waals surface area (Å²) >= 11 is 0. The number of nitrogens with zero attached hydrogens (tertiary/aromatic N) is 2. The zero-order valence-electron chi connectivity index (χ0n) is 9.54. The lowest BCUT2D eigenvalue weighted by Gasteiger charge is -2.27. The Balaban J connectivity index is 2.29. The van der Waals surface area contributed by atoms with Crippen molar-refractivity contribution in [3.63, 3.8) is 0 Å². The number of nitrogen functional groups attached to an aromatic ring is 1. The Bertz CT molecular complexity index is 486. The highest BCUT2D eigenvalue weighted by Gasteiger charge is 2.38. The Hall–Kier alpha value is -1.90. The van der Waals surface area contributed by atoms with Crippen LogP contribution in [0.25, 0.3) is 0 Å². The molecule has 0 unspecified atom stereocenters. The molecule has 0 aliphatic heterocycles. The minimum Gasteiger partial charge on any atom is -0.397 e. The van der Waals surface area contributed by atoms with E-state index in [0.29, 0.717) is 11.3 Å². The first kappa shape index (κ1) is 12.6. The molecular formula is C12H12F3N3. The minimum absolute atomic E-state index is 0.0955. The fraction of sp³-hybridized carbons (Fsp3) is 0.417. The quantitative estimate of drug-likeness (QED) is 0.845. The van der Waals surface area contributed by atoms with E-state index < -0.39 is 12.7 Å². The van der Waals surface area contributed by atoms with Gasteiger partial charge in [0, 0.05) is 6.04 Å². The molecule has 18 heavy (non-hydrogen) atoms. The Labute approximate surface area is 103 Å². The third-order valence-electron chi connectivity index (χ3n) is 2.80. The fourth-order valence-electron chi connectivity index (χ4n) is 1.88. The van der Waals surface area contributed by atoms with Gasteiger partial charge in [0.15, 0.2) is 0 Å². The van der Waals surface area contributed by atoms with Crippen LogP contribution in [0.5, 0.6) is 0 Å². The van der Waals surface area contributed by atoms with Gasteiger partial charge in [-0.3, -0.25) is 0 Å². The number of anilines is 2. The van der Waals surface area contributed by atoms with Crippen molar-refractivity contribution in [1.82, 2.24) is 0 Å². The summed E-state index contributed by atoms with van der Waals surface area (Å²) in [5, 5.41) is 8.70. The van der Waals surface area contributed by atoms with Crippen molar-refractivity contribution in [2.45, 2.75) is 25.1 Å². The summed E-state index contributed by atoms with van der Waals surface area (Å²) in [5.41, 5.74) is 6.64. The highest BCUT2D eigenvalue weighted by atomic mass is 19.4. The maximum atomic E-state index is 12.5. The van der Waals surface area contributed by atoms with E-state index in [2.05, 4.69) is 0 Å². The molecule has 2 N–H and O–H groups in total. The second kappa shape index (κ2) is 4.41. The Kier molecular flexibility index (Phi) is 3.07. The zero-order chi connectivity index (χ0) is 13.3. The first-order chi connectivity index (χ1) is 8.40. The van der Waals surface area contributed by atoms with E-state index in [4.69, 9.17) is 11.0 Å². The molecule has 1 aromatic rings. The molecule has 0 saturated heterocycles. The van der Waals surface area contributed by atoms with Crippen molar-refractivity contribution >= 4 is 11.4 Å². The van der Waals surface area contributed by atoms with Gasteiger partial charge in [-0.05, 0) is 31.0 Å². The van der Waals surface area contributed by atoms with Gasteiger partial charge in [0.1, 0.15) is 6.54 Å². The summed E-state index contributed by atoms with van der Waals surface area (Å²) in [7, 11) is 0. The van der Waals surface area contributed by atoms with Gasteiger partial charge in [-0.15, -0.1) is 0 Å². The third kappa shape index (κ3) is 2.86. The van der Waals surface area contributed by atoms with Crippen LogP contribution in [0.3, 0.4) is 0 Å². The molecule has 0 radical (unpaired) electrons. The van der Waals surface area contributed by atoms with Crippen molar-refractivity contribution in [3.05, 3.63) is 23.8 Å². The SMILES string of the molecule is N#Cc1ccc(N(CC(F)(F)F)C2CC2)c(N)c1. The molecule has 0 spiro atoms. The lowest BCUT2D eigenvalue weighted by atomic mass is 10.1. The van der Waals surface area contributed by atoms with Crippen LogP contribution in [0, 0.1) is 11.3 Å². The largest absolute Gasteiger partial charge is 0.405 e. The summed E-state index contributed by atoms with van der Waals surface area (Å²) in [6.45, 7) is -1.01. The van der Waals surface area contributed by atoms with Crippen LogP contribution < -0.4 is 10.6 Å². The van der Waals surface area contributed by atoms with Gasteiger partial charge in [0.2, 0.25) is 0 Å². The van der Waals surface area contributed by atoms with Gasteiger partial charge >= 0.3 is 6.18 Å². The third-order valence-corrected chi connectivity index (χ3v) is 2.80. The van der Waals surface area contributed by atoms with E-state index in [0.717, 1.165) is 12.8 Å². The molecule has 1 aliphatic rings. The van der Waals surface area contributed by atoms with Crippen LogP contribution in [0.15, 0.2) is 18.2 Å². The smallest absolute Gasteiger partial charge is 0.397 e. The van der Waals surface area contributed by atoms with Gasteiger partial charge in [-0.1, -0.05) is 0 Å². The number of benzene rings is 1. The van der Waals surface area contributed by atoms with Crippen LogP contribution in [0.4, 0.5) is 24.5 Å². The Morgan fingerprint density at radius 3 is 2.50 bits per heavy atom. The molecule has 1 fully saturated rings. The fourth-order valence-corrected chi connectivity index (χ4v) is 1.88. The molecule has 1 saturated carbocycles. The average Bonchev–Trinajstić information content (AvgIpc) is 3.08. The van der Waals surface area contributed by atoms with Crippen molar-refractivity contribution in [1.29, 1.82) is 5.26 Å². The van der Waals surface area contributed by atoms with E-state index in [1.807, 2.05) is 6.07 Å². The van der Waals surface area contributed by atoms with Crippen LogP contribution >= 0.6 is 0 Å². The predicted octanol–water partition coefficient (Wildman–Crippen LogP) is 2.67. The van der Waals surface area contributed by atoms with Gasteiger partial charge in [-0.25, -0.2) is 0 Å². The highest BCUT2D eigenvalue weighted by molar-refractivity contribution is 5.70. The Morgan fingerprint density at radius 2 is 2.06 bits per heavy atom. The van der Waals surface area contributed by atoms with Crippen molar-refractivity contribution in [2.24, 2.45) is 0 Å². The predicted molar refractivity (Wildman–Crippen MR) is 62.0 cm³/mol. The molecule has 96 valence electrons. The minimum atomic E-state index is -4.26. The summed E-state index contributed by atoms with van der Waals surface area (Å²) in [6, 6.07) is 6.18. The summed E-state index contributed by atoms with van der Waals surface area (Å²) in [6.07, 6.45) is -2.77. The van der Waals surface area contributed by atoms with E-state index in [1.54, 1.807) is 0 Å². The maximum absolute atomic E-state index is 12.5. The lowest BCUT2D eigenvalue weighted by molar-refractivity contribution is -0.119. The monoisotopic (exact) mass is 255 g/mol. The number of rotatable bonds is 3. The molecule has 0 heterocycles. The van der Waals surface area contributed by atoms with Gasteiger partial charge < -0.3 is 10.6 Å². The Morgan fingerprint density at radius 1 is 1.39 bits per heavy atom. The van der Waals surface area contributed by atoms with Gasteiger partial charge in [0.25, 0.3) is 0 Å². The highest BCUT2D eigenvalue weighted by Crippen LogP contribution is 2.37. The van der Waals surface area contributed by atoms with Gasteiger partial charge in [0.05, 0.1) is 23.0 Å². The first-order valence-electron chi connectivity index (χ1n) is 5.54. The van der Waals surface area contributed by atoms with Crippen LogP contribution in [0.2, 0.25) is 0 Å². The number of hydrogen-bond donors (Lipinski definition) is 1. The lowest BCUT2D eigenvalue weighted by Crippen LogP contribution is -2.36. The molecule has 0 bridgehead atoms. The van der Waals surface area contributed by atoms with Crippen LogP contribution in [0.1, 0.15) is 18.4 Å². The number of alkyl halides is 3. The standard InChI is InChI=1S/C12H12F3N3/c13-12(14,15)7-18(9-2-3-9)11-4-1-8(6-16)5-10(11)17/h1,4-5,9H,2-3,7,17H2. The van der Waals surface area contributed by atoms with Crippen LogP contribution in [-0.4, -0.2) is 18.8 Å². The molecule has 0 aromatic heterocycles.